The Labute approximate surface area is 143 Å². The molecule has 2 aromatic rings. The molecule has 3 heteroatoms. The van der Waals surface area contributed by atoms with Crippen LogP contribution in [0.25, 0.3) is 5.57 Å². The van der Waals surface area contributed by atoms with E-state index in [1.165, 1.54) is 18.2 Å². The standard InChI is InChI=1S/C21H24O3/c1-4-5-6-16-11-15(14(2)3)7-8-17(16)12-20(23)19-10-9-18(22)13-21(19)24/h7-11,13,22,24H,2,4-6,12H2,1,3H3. The van der Waals surface area contributed by atoms with Crippen LogP contribution in [0.15, 0.2) is 43.0 Å². The average molecular weight is 324 g/mol. The number of ketones is 1. The SMILES string of the molecule is C=C(C)c1ccc(CC(=O)c2ccc(O)cc2O)c(CCCC)c1. The third-order valence-corrected chi connectivity index (χ3v) is 4.13. The molecule has 2 aromatic carbocycles. The molecule has 0 amide bonds. The normalized spacial score (nSPS) is 10.6. The minimum absolute atomic E-state index is 0.0569. The summed E-state index contributed by atoms with van der Waals surface area (Å²) in [4.78, 5) is 12.5. The van der Waals surface area contributed by atoms with Gasteiger partial charge in [-0.15, -0.1) is 0 Å². The molecule has 0 fully saturated rings. The summed E-state index contributed by atoms with van der Waals surface area (Å²) in [7, 11) is 0. The van der Waals surface area contributed by atoms with Crippen LogP contribution in [-0.4, -0.2) is 16.0 Å². The van der Waals surface area contributed by atoms with Crippen molar-refractivity contribution in [2.24, 2.45) is 0 Å². The number of allylic oxidation sites excluding steroid dienone is 1. The highest BCUT2D eigenvalue weighted by molar-refractivity contribution is 6.00. The van der Waals surface area contributed by atoms with Crippen molar-refractivity contribution in [2.75, 3.05) is 0 Å². The predicted octanol–water partition coefficient (Wildman–Crippen LogP) is 4.90. The third kappa shape index (κ3) is 4.25. The Bertz CT molecular complexity index is 760. The third-order valence-electron chi connectivity index (χ3n) is 4.13. The Kier molecular flexibility index (Phi) is 5.80. The lowest BCUT2D eigenvalue weighted by Crippen LogP contribution is -2.07. The number of unbranched alkanes of at least 4 members (excludes halogenated alkanes) is 1. The highest BCUT2D eigenvalue weighted by Crippen LogP contribution is 2.26. The number of carbonyl (C=O) groups excluding carboxylic acids is 1. The number of hydrogen-bond acceptors (Lipinski definition) is 3. The Morgan fingerprint density at radius 2 is 1.83 bits per heavy atom. The van der Waals surface area contributed by atoms with Crippen LogP contribution >= 0.6 is 0 Å². The highest BCUT2D eigenvalue weighted by Gasteiger charge is 2.15. The molecule has 3 nitrogen and oxygen atoms in total. The van der Waals surface area contributed by atoms with Crippen LogP contribution in [-0.2, 0) is 12.8 Å². The number of hydrogen-bond donors (Lipinski definition) is 2. The fourth-order valence-electron chi connectivity index (χ4n) is 2.69. The maximum Gasteiger partial charge on any atom is 0.170 e. The van der Waals surface area contributed by atoms with Crippen LogP contribution in [0.4, 0.5) is 0 Å². The first-order valence-electron chi connectivity index (χ1n) is 8.25. The van der Waals surface area contributed by atoms with E-state index in [9.17, 15) is 15.0 Å². The van der Waals surface area contributed by atoms with Gasteiger partial charge in [-0.2, -0.15) is 0 Å². The fourth-order valence-corrected chi connectivity index (χ4v) is 2.69. The molecular weight excluding hydrogens is 300 g/mol. The first-order valence-corrected chi connectivity index (χ1v) is 8.25. The zero-order valence-electron chi connectivity index (χ0n) is 14.3. The van der Waals surface area contributed by atoms with Crippen LogP contribution in [0.3, 0.4) is 0 Å². The van der Waals surface area contributed by atoms with Crippen molar-refractivity contribution in [3.63, 3.8) is 0 Å². The summed E-state index contributed by atoms with van der Waals surface area (Å²) in [6.45, 7) is 8.09. The van der Waals surface area contributed by atoms with Crippen LogP contribution in [0.5, 0.6) is 11.5 Å². The van der Waals surface area contributed by atoms with Crippen molar-refractivity contribution in [1.82, 2.24) is 0 Å². The van der Waals surface area contributed by atoms with Crippen molar-refractivity contribution in [1.29, 1.82) is 0 Å². The average Bonchev–Trinajstić information content (AvgIpc) is 2.53. The van der Waals surface area contributed by atoms with Gasteiger partial charge in [-0.25, -0.2) is 0 Å². The smallest absolute Gasteiger partial charge is 0.170 e. The van der Waals surface area contributed by atoms with E-state index in [0.29, 0.717) is 0 Å². The molecule has 0 aliphatic rings. The van der Waals surface area contributed by atoms with Crippen molar-refractivity contribution in [3.05, 3.63) is 65.2 Å². The van der Waals surface area contributed by atoms with E-state index < -0.39 is 0 Å². The molecule has 0 atom stereocenters. The minimum atomic E-state index is -0.186. The Morgan fingerprint density at radius 1 is 1.08 bits per heavy atom. The summed E-state index contributed by atoms with van der Waals surface area (Å²) >= 11 is 0. The van der Waals surface area contributed by atoms with Gasteiger partial charge in [-0.3, -0.25) is 4.79 Å². The number of carbonyl (C=O) groups is 1. The number of benzene rings is 2. The van der Waals surface area contributed by atoms with Crippen molar-refractivity contribution in [3.8, 4) is 11.5 Å². The molecule has 0 bridgehead atoms. The number of rotatable bonds is 7. The molecule has 2 rings (SSSR count). The van der Waals surface area contributed by atoms with Gasteiger partial charge >= 0.3 is 0 Å². The lowest BCUT2D eigenvalue weighted by Gasteiger charge is -2.12. The summed E-state index contributed by atoms with van der Waals surface area (Å²) in [5, 5.41) is 19.2. The zero-order valence-corrected chi connectivity index (χ0v) is 14.3. The number of phenolic OH excluding ortho intramolecular Hbond substituents is 2. The molecular formula is C21H24O3. The summed E-state index contributed by atoms with van der Waals surface area (Å²) in [5.41, 5.74) is 4.46. The Balaban J connectivity index is 2.30. The maximum atomic E-state index is 12.5. The number of phenols is 2. The molecule has 0 unspecified atom stereocenters. The second-order valence-electron chi connectivity index (χ2n) is 6.17. The highest BCUT2D eigenvalue weighted by atomic mass is 16.3. The van der Waals surface area contributed by atoms with Crippen LogP contribution < -0.4 is 0 Å². The fraction of sp³-hybridized carbons (Fsp3) is 0.286. The van der Waals surface area contributed by atoms with E-state index >= 15 is 0 Å². The van der Waals surface area contributed by atoms with Gasteiger partial charge in [0.2, 0.25) is 0 Å². The van der Waals surface area contributed by atoms with E-state index in [1.54, 1.807) is 0 Å². The van der Waals surface area contributed by atoms with Crippen LogP contribution in [0, 0.1) is 0 Å². The van der Waals surface area contributed by atoms with Crippen LogP contribution in [0.2, 0.25) is 0 Å². The molecule has 0 saturated heterocycles. The van der Waals surface area contributed by atoms with Gasteiger partial charge in [0.1, 0.15) is 11.5 Å². The first-order chi connectivity index (χ1) is 11.4. The molecule has 24 heavy (non-hydrogen) atoms. The summed E-state index contributed by atoms with van der Waals surface area (Å²) < 4.78 is 0. The van der Waals surface area contributed by atoms with E-state index in [1.807, 2.05) is 19.1 Å². The quantitative estimate of drug-likeness (QED) is 0.712. The second-order valence-corrected chi connectivity index (χ2v) is 6.17. The largest absolute Gasteiger partial charge is 0.508 e. The maximum absolute atomic E-state index is 12.5. The van der Waals surface area contributed by atoms with Crippen molar-refractivity contribution < 1.29 is 15.0 Å². The molecule has 0 saturated carbocycles. The minimum Gasteiger partial charge on any atom is -0.508 e. The van der Waals surface area contributed by atoms with Gasteiger partial charge in [0, 0.05) is 12.5 Å². The van der Waals surface area contributed by atoms with Gasteiger partial charge in [0.25, 0.3) is 0 Å². The zero-order chi connectivity index (χ0) is 17.7. The van der Waals surface area contributed by atoms with Gasteiger partial charge in [0.15, 0.2) is 5.78 Å². The van der Waals surface area contributed by atoms with Crippen molar-refractivity contribution >= 4 is 11.4 Å². The Morgan fingerprint density at radius 3 is 2.46 bits per heavy atom. The predicted molar refractivity (Wildman–Crippen MR) is 97.6 cm³/mol. The monoisotopic (exact) mass is 324 g/mol. The lowest BCUT2D eigenvalue weighted by atomic mass is 9.92. The molecule has 0 heterocycles. The van der Waals surface area contributed by atoms with Gasteiger partial charge in [0.05, 0.1) is 5.56 Å². The van der Waals surface area contributed by atoms with E-state index in [2.05, 4.69) is 19.6 Å². The Hall–Kier alpha value is -2.55. The molecule has 0 radical (unpaired) electrons. The number of aromatic hydroxyl groups is 2. The van der Waals surface area contributed by atoms with E-state index in [0.717, 1.165) is 41.5 Å². The van der Waals surface area contributed by atoms with Gasteiger partial charge in [-0.1, -0.05) is 43.7 Å². The summed E-state index contributed by atoms with van der Waals surface area (Å²) in [6, 6.07) is 10.1. The van der Waals surface area contributed by atoms with Crippen molar-refractivity contribution in [2.45, 2.75) is 39.5 Å². The van der Waals surface area contributed by atoms with E-state index in [-0.39, 0.29) is 29.3 Å². The number of Topliss-reactive ketones (excluding diaryl/α,β-unsaturated/α-hetero) is 1. The summed E-state index contributed by atoms with van der Waals surface area (Å²) in [6.07, 6.45) is 3.30. The van der Waals surface area contributed by atoms with Crippen LogP contribution in [0.1, 0.15) is 53.7 Å². The topological polar surface area (TPSA) is 57.5 Å². The molecule has 0 spiro atoms. The first kappa shape index (κ1) is 17.8. The van der Waals surface area contributed by atoms with E-state index in [4.69, 9.17) is 0 Å². The number of aryl methyl sites for hydroxylation is 1. The molecule has 0 aliphatic carbocycles. The molecule has 126 valence electrons. The second kappa shape index (κ2) is 7.82. The molecule has 0 aromatic heterocycles. The molecule has 2 N–H and O–H groups in total. The lowest BCUT2D eigenvalue weighted by molar-refractivity contribution is 0.0990. The molecule has 0 aliphatic heterocycles. The van der Waals surface area contributed by atoms with Gasteiger partial charge < -0.3 is 10.2 Å². The summed E-state index contributed by atoms with van der Waals surface area (Å²) in [5.74, 6) is -0.402. The van der Waals surface area contributed by atoms with Gasteiger partial charge in [-0.05, 0) is 48.6 Å².